The zero-order valence-electron chi connectivity index (χ0n) is 10.5. The smallest absolute Gasteiger partial charge is 0.244 e. The van der Waals surface area contributed by atoms with Gasteiger partial charge in [-0.05, 0) is 18.9 Å². The van der Waals surface area contributed by atoms with Gasteiger partial charge in [0.2, 0.25) is 10.0 Å². The molecule has 2 rings (SSSR count). The maximum atomic E-state index is 12.4. The Kier molecular flexibility index (Phi) is 4.29. The molecule has 1 aromatic heterocycles. The Bertz CT molecular complexity index is 556. The Balaban J connectivity index is 2.27. The third kappa shape index (κ3) is 3.00. The minimum absolute atomic E-state index is 0.0767. The molecular formula is C11H16ClN3O3S. The summed E-state index contributed by atoms with van der Waals surface area (Å²) in [7, 11) is -1.92. The zero-order chi connectivity index (χ0) is 14.0. The Morgan fingerprint density at radius 1 is 1.47 bits per heavy atom. The predicted molar refractivity (Wildman–Crippen MR) is 72.8 cm³/mol. The van der Waals surface area contributed by atoms with Crippen LogP contribution in [-0.2, 0) is 10.0 Å². The molecule has 1 aliphatic heterocycles. The average molecular weight is 306 g/mol. The molecule has 2 heterocycles. The lowest BCUT2D eigenvalue weighted by molar-refractivity contribution is 0.113. The SMILES string of the molecule is CNc1ncc(S(=O)(=O)N2CCC(O)CC2)cc1Cl. The minimum Gasteiger partial charge on any atom is -0.393 e. The van der Waals surface area contributed by atoms with E-state index < -0.39 is 16.1 Å². The standard InChI is InChI=1S/C11H16ClN3O3S/c1-13-11-10(12)6-9(7-14-11)19(17,18)15-4-2-8(16)3-5-15/h6-8,16H,2-5H2,1H3,(H,13,14). The highest BCUT2D eigenvalue weighted by atomic mass is 35.5. The zero-order valence-corrected chi connectivity index (χ0v) is 12.1. The molecule has 19 heavy (non-hydrogen) atoms. The van der Waals surface area contributed by atoms with Crippen LogP contribution in [0.4, 0.5) is 5.82 Å². The van der Waals surface area contributed by atoms with Gasteiger partial charge in [0, 0.05) is 26.3 Å². The quantitative estimate of drug-likeness (QED) is 0.868. The number of rotatable bonds is 3. The Morgan fingerprint density at radius 3 is 2.63 bits per heavy atom. The van der Waals surface area contributed by atoms with Gasteiger partial charge in [-0.3, -0.25) is 0 Å². The van der Waals surface area contributed by atoms with Crippen molar-refractivity contribution in [2.45, 2.75) is 23.8 Å². The van der Waals surface area contributed by atoms with E-state index in [2.05, 4.69) is 10.3 Å². The topological polar surface area (TPSA) is 82.5 Å². The molecule has 1 fully saturated rings. The molecule has 0 radical (unpaired) electrons. The third-order valence-electron chi connectivity index (χ3n) is 3.11. The van der Waals surface area contributed by atoms with Gasteiger partial charge in [-0.25, -0.2) is 13.4 Å². The number of nitrogens with one attached hydrogen (secondary N) is 1. The summed E-state index contributed by atoms with van der Waals surface area (Å²) in [6, 6.07) is 1.39. The number of aromatic nitrogens is 1. The number of anilines is 1. The van der Waals surface area contributed by atoms with Crippen LogP contribution in [0.25, 0.3) is 0 Å². The number of aliphatic hydroxyl groups excluding tert-OH is 1. The van der Waals surface area contributed by atoms with Gasteiger partial charge in [0.1, 0.15) is 10.7 Å². The van der Waals surface area contributed by atoms with Crippen LogP contribution in [0.2, 0.25) is 5.02 Å². The van der Waals surface area contributed by atoms with Crippen LogP contribution in [-0.4, -0.2) is 49.1 Å². The van der Waals surface area contributed by atoms with E-state index in [1.807, 2.05) is 0 Å². The molecule has 106 valence electrons. The monoisotopic (exact) mass is 305 g/mol. The molecule has 6 nitrogen and oxygen atoms in total. The van der Waals surface area contributed by atoms with Crippen molar-refractivity contribution in [3.05, 3.63) is 17.3 Å². The minimum atomic E-state index is -3.59. The number of sulfonamides is 1. The van der Waals surface area contributed by atoms with Crippen LogP contribution in [0.3, 0.4) is 0 Å². The van der Waals surface area contributed by atoms with Gasteiger partial charge in [0.15, 0.2) is 0 Å². The van der Waals surface area contributed by atoms with E-state index in [-0.39, 0.29) is 9.92 Å². The van der Waals surface area contributed by atoms with E-state index in [9.17, 15) is 13.5 Å². The molecule has 2 N–H and O–H groups in total. The normalized spacial score (nSPS) is 18.5. The van der Waals surface area contributed by atoms with Crippen molar-refractivity contribution >= 4 is 27.4 Å². The number of halogens is 1. The maximum Gasteiger partial charge on any atom is 0.244 e. The van der Waals surface area contributed by atoms with E-state index in [0.29, 0.717) is 31.7 Å². The van der Waals surface area contributed by atoms with Crippen LogP contribution in [0.15, 0.2) is 17.2 Å². The van der Waals surface area contributed by atoms with Gasteiger partial charge in [0.25, 0.3) is 0 Å². The van der Waals surface area contributed by atoms with Gasteiger partial charge >= 0.3 is 0 Å². The molecule has 0 aliphatic carbocycles. The Labute approximate surface area is 117 Å². The molecule has 0 unspecified atom stereocenters. The van der Waals surface area contributed by atoms with Crippen molar-refractivity contribution in [3.63, 3.8) is 0 Å². The molecule has 1 saturated heterocycles. The van der Waals surface area contributed by atoms with Gasteiger partial charge in [-0.2, -0.15) is 4.31 Å². The van der Waals surface area contributed by atoms with E-state index in [1.165, 1.54) is 16.6 Å². The second-order valence-corrected chi connectivity index (χ2v) is 6.73. The Hall–Kier alpha value is -0.890. The molecule has 0 amide bonds. The highest BCUT2D eigenvalue weighted by Crippen LogP contribution is 2.25. The summed E-state index contributed by atoms with van der Waals surface area (Å²) in [5.41, 5.74) is 0. The molecule has 8 heteroatoms. The second kappa shape index (κ2) is 5.62. The van der Waals surface area contributed by atoms with Crippen LogP contribution < -0.4 is 5.32 Å². The summed E-state index contributed by atoms with van der Waals surface area (Å²) in [5.74, 6) is 0.440. The van der Waals surface area contributed by atoms with Gasteiger partial charge in [-0.15, -0.1) is 0 Å². The van der Waals surface area contributed by atoms with E-state index in [1.54, 1.807) is 7.05 Å². The summed E-state index contributed by atoms with van der Waals surface area (Å²) in [5, 5.41) is 12.5. The van der Waals surface area contributed by atoms with Crippen molar-refractivity contribution in [3.8, 4) is 0 Å². The number of piperidine rings is 1. The highest BCUT2D eigenvalue weighted by Gasteiger charge is 2.29. The first kappa shape index (κ1) is 14.5. The summed E-state index contributed by atoms with van der Waals surface area (Å²) >= 11 is 5.95. The molecule has 0 spiro atoms. The number of nitrogens with zero attached hydrogens (tertiary/aromatic N) is 2. The van der Waals surface area contributed by atoms with Crippen LogP contribution in [0.5, 0.6) is 0 Å². The first-order valence-electron chi connectivity index (χ1n) is 5.96. The van der Waals surface area contributed by atoms with Crippen molar-refractivity contribution < 1.29 is 13.5 Å². The van der Waals surface area contributed by atoms with Crippen molar-refractivity contribution in [1.29, 1.82) is 0 Å². The summed E-state index contributed by atoms with van der Waals surface area (Å²) in [6.45, 7) is 0.629. The molecule has 0 atom stereocenters. The molecule has 1 aliphatic rings. The number of hydrogen-bond donors (Lipinski definition) is 2. The summed E-state index contributed by atoms with van der Waals surface area (Å²) in [6.07, 6.45) is 1.78. The number of aliphatic hydroxyl groups is 1. The van der Waals surface area contributed by atoms with Gasteiger partial charge in [0.05, 0.1) is 11.1 Å². The fourth-order valence-corrected chi connectivity index (χ4v) is 3.74. The largest absolute Gasteiger partial charge is 0.393 e. The maximum absolute atomic E-state index is 12.4. The summed E-state index contributed by atoms with van der Waals surface area (Å²) < 4.78 is 26.1. The third-order valence-corrected chi connectivity index (χ3v) is 5.27. The number of hydrogen-bond acceptors (Lipinski definition) is 5. The molecule has 0 aromatic carbocycles. The highest BCUT2D eigenvalue weighted by molar-refractivity contribution is 7.89. The molecular weight excluding hydrogens is 290 g/mol. The van der Waals surface area contributed by atoms with Crippen molar-refractivity contribution in [2.75, 3.05) is 25.5 Å². The van der Waals surface area contributed by atoms with E-state index in [4.69, 9.17) is 11.6 Å². The lowest BCUT2D eigenvalue weighted by Gasteiger charge is -2.28. The van der Waals surface area contributed by atoms with Crippen molar-refractivity contribution in [1.82, 2.24) is 9.29 Å². The first-order chi connectivity index (χ1) is 8.95. The molecule has 1 aromatic rings. The second-order valence-electron chi connectivity index (χ2n) is 4.39. The fraction of sp³-hybridized carbons (Fsp3) is 0.545. The fourth-order valence-electron chi connectivity index (χ4n) is 1.98. The van der Waals surface area contributed by atoms with E-state index in [0.717, 1.165) is 0 Å². The first-order valence-corrected chi connectivity index (χ1v) is 7.78. The van der Waals surface area contributed by atoms with Crippen LogP contribution in [0.1, 0.15) is 12.8 Å². The van der Waals surface area contributed by atoms with Crippen LogP contribution in [0, 0.1) is 0 Å². The lowest BCUT2D eigenvalue weighted by Crippen LogP contribution is -2.40. The lowest BCUT2D eigenvalue weighted by atomic mass is 10.1. The van der Waals surface area contributed by atoms with Crippen molar-refractivity contribution in [2.24, 2.45) is 0 Å². The average Bonchev–Trinajstić information content (AvgIpc) is 2.39. The van der Waals surface area contributed by atoms with Crippen LogP contribution >= 0.6 is 11.6 Å². The summed E-state index contributed by atoms with van der Waals surface area (Å²) in [4.78, 5) is 4.05. The number of pyridine rings is 1. The predicted octanol–water partition coefficient (Wildman–Crippen LogP) is 0.922. The van der Waals surface area contributed by atoms with Gasteiger partial charge < -0.3 is 10.4 Å². The Morgan fingerprint density at radius 2 is 2.11 bits per heavy atom. The van der Waals surface area contributed by atoms with E-state index >= 15 is 0 Å². The molecule has 0 saturated carbocycles. The molecule has 0 bridgehead atoms. The van der Waals surface area contributed by atoms with Gasteiger partial charge in [-0.1, -0.05) is 11.6 Å².